The second-order valence-electron chi connectivity index (χ2n) is 4.86. The summed E-state index contributed by atoms with van der Waals surface area (Å²) in [7, 11) is 1.64. The first-order chi connectivity index (χ1) is 10.2. The van der Waals surface area contributed by atoms with Crippen LogP contribution >= 0.6 is 11.3 Å². The molecule has 1 aromatic carbocycles. The van der Waals surface area contributed by atoms with Gasteiger partial charge < -0.3 is 15.8 Å². The minimum absolute atomic E-state index is 0.364. The van der Waals surface area contributed by atoms with Crippen molar-refractivity contribution in [3.05, 3.63) is 34.3 Å². The number of aromatic nitrogens is 2. The first-order valence-corrected chi connectivity index (χ1v) is 7.59. The van der Waals surface area contributed by atoms with Crippen molar-refractivity contribution >= 4 is 23.0 Å². The molecular formula is C14H17N5OS. The smallest absolute Gasteiger partial charge is 0.193 e. The molecule has 21 heavy (non-hydrogen) atoms. The van der Waals surface area contributed by atoms with Crippen LogP contribution in [-0.4, -0.2) is 23.3 Å². The molecule has 0 bridgehead atoms. The Kier molecular flexibility index (Phi) is 4.01. The van der Waals surface area contributed by atoms with E-state index < -0.39 is 0 Å². The van der Waals surface area contributed by atoms with Crippen LogP contribution in [0.15, 0.2) is 29.3 Å². The Hall–Kier alpha value is -2.15. The van der Waals surface area contributed by atoms with Gasteiger partial charge in [0.15, 0.2) is 5.96 Å². The molecule has 0 saturated heterocycles. The van der Waals surface area contributed by atoms with E-state index >= 15 is 0 Å². The number of rotatable bonds is 5. The molecule has 1 heterocycles. The number of hydrogen-bond acceptors (Lipinski definition) is 5. The van der Waals surface area contributed by atoms with Crippen molar-refractivity contribution < 1.29 is 4.74 Å². The highest BCUT2D eigenvalue weighted by Crippen LogP contribution is 2.41. The van der Waals surface area contributed by atoms with Gasteiger partial charge in [-0.3, -0.25) is 0 Å². The van der Waals surface area contributed by atoms with Crippen LogP contribution in [0.2, 0.25) is 0 Å². The standard InChI is InChI=1S/C14H17N5OS/c1-20-11-6-4-10(5-7-11)17-14(15)16-8-12-18-19-13(21-12)9-2-3-9/h4-7,9H,2-3,8H2,1H3,(H3,15,16,17). The van der Waals surface area contributed by atoms with Gasteiger partial charge >= 0.3 is 0 Å². The van der Waals surface area contributed by atoms with Crippen LogP contribution in [0.5, 0.6) is 5.75 Å². The largest absolute Gasteiger partial charge is 0.497 e. The summed E-state index contributed by atoms with van der Waals surface area (Å²) in [6.45, 7) is 0.458. The van der Waals surface area contributed by atoms with Crippen LogP contribution in [0.1, 0.15) is 28.8 Å². The molecule has 0 aliphatic heterocycles. The second kappa shape index (κ2) is 6.09. The van der Waals surface area contributed by atoms with Crippen LogP contribution in [0.3, 0.4) is 0 Å². The second-order valence-corrected chi connectivity index (χ2v) is 5.96. The number of aliphatic imine (C=N–C) groups is 1. The van der Waals surface area contributed by atoms with Gasteiger partial charge in [0, 0.05) is 11.6 Å². The number of nitrogens with two attached hydrogens (primary N) is 1. The average Bonchev–Trinajstić information content (AvgIpc) is 3.25. The Balaban J connectivity index is 1.56. The Bertz CT molecular complexity index is 633. The highest BCUT2D eigenvalue weighted by molar-refractivity contribution is 7.11. The predicted octanol–water partition coefficient (Wildman–Crippen LogP) is 2.35. The third-order valence-electron chi connectivity index (χ3n) is 3.16. The van der Waals surface area contributed by atoms with E-state index in [-0.39, 0.29) is 0 Å². The van der Waals surface area contributed by atoms with Crippen molar-refractivity contribution in [2.45, 2.75) is 25.3 Å². The summed E-state index contributed by atoms with van der Waals surface area (Å²) >= 11 is 1.63. The fraction of sp³-hybridized carbons (Fsp3) is 0.357. The highest BCUT2D eigenvalue weighted by Gasteiger charge is 2.27. The summed E-state index contributed by atoms with van der Waals surface area (Å²) in [4.78, 5) is 4.29. The Labute approximate surface area is 127 Å². The summed E-state index contributed by atoms with van der Waals surface area (Å²) in [5.74, 6) is 1.80. The van der Waals surface area contributed by atoms with E-state index in [0.29, 0.717) is 18.4 Å². The van der Waals surface area contributed by atoms with Gasteiger partial charge in [0.25, 0.3) is 0 Å². The lowest BCUT2D eigenvalue weighted by Gasteiger charge is -2.06. The maximum atomic E-state index is 5.87. The van der Waals surface area contributed by atoms with Crippen molar-refractivity contribution in [2.24, 2.45) is 10.7 Å². The Morgan fingerprint density at radius 2 is 2.14 bits per heavy atom. The van der Waals surface area contributed by atoms with E-state index in [9.17, 15) is 0 Å². The van der Waals surface area contributed by atoms with Gasteiger partial charge in [0.2, 0.25) is 0 Å². The van der Waals surface area contributed by atoms with Crippen LogP contribution < -0.4 is 15.8 Å². The van der Waals surface area contributed by atoms with Crippen LogP contribution in [0.4, 0.5) is 5.69 Å². The summed E-state index contributed by atoms with van der Waals surface area (Å²) in [6, 6.07) is 7.50. The van der Waals surface area contributed by atoms with Gasteiger partial charge in [-0.15, -0.1) is 10.2 Å². The molecular weight excluding hydrogens is 286 g/mol. The number of nitrogens with one attached hydrogen (secondary N) is 1. The van der Waals surface area contributed by atoms with Crippen molar-refractivity contribution in [3.63, 3.8) is 0 Å². The average molecular weight is 303 g/mol. The Morgan fingerprint density at radius 3 is 2.81 bits per heavy atom. The number of benzene rings is 1. The zero-order valence-corrected chi connectivity index (χ0v) is 12.6. The minimum Gasteiger partial charge on any atom is -0.497 e. The van der Waals surface area contributed by atoms with Crippen molar-refractivity contribution in [2.75, 3.05) is 12.4 Å². The normalized spacial score (nSPS) is 15.0. The van der Waals surface area contributed by atoms with E-state index in [0.717, 1.165) is 21.5 Å². The van der Waals surface area contributed by atoms with Gasteiger partial charge in [0.05, 0.1) is 13.7 Å². The lowest BCUT2D eigenvalue weighted by molar-refractivity contribution is 0.415. The summed E-state index contributed by atoms with van der Waals surface area (Å²) in [5.41, 5.74) is 6.74. The highest BCUT2D eigenvalue weighted by atomic mass is 32.1. The van der Waals surface area contributed by atoms with E-state index in [1.807, 2.05) is 24.3 Å². The number of anilines is 1. The fourth-order valence-corrected chi connectivity index (χ4v) is 2.78. The number of guanidine groups is 1. The van der Waals surface area contributed by atoms with E-state index in [2.05, 4.69) is 20.5 Å². The van der Waals surface area contributed by atoms with E-state index in [1.54, 1.807) is 18.4 Å². The zero-order valence-electron chi connectivity index (χ0n) is 11.7. The quantitative estimate of drug-likeness (QED) is 0.654. The fourth-order valence-electron chi connectivity index (χ4n) is 1.84. The molecule has 0 unspecified atom stereocenters. The number of hydrogen-bond donors (Lipinski definition) is 2. The molecule has 1 aliphatic rings. The van der Waals surface area contributed by atoms with Gasteiger partial charge in [0.1, 0.15) is 15.8 Å². The molecule has 6 nitrogen and oxygen atoms in total. The summed E-state index contributed by atoms with van der Waals surface area (Å²) in [6.07, 6.45) is 2.47. The zero-order chi connectivity index (χ0) is 14.7. The SMILES string of the molecule is COc1ccc(NC(N)=NCc2nnc(C3CC3)s2)cc1. The molecule has 2 aromatic rings. The minimum atomic E-state index is 0.364. The maximum Gasteiger partial charge on any atom is 0.193 e. The van der Waals surface area contributed by atoms with Crippen LogP contribution in [0.25, 0.3) is 0 Å². The number of methoxy groups -OCH3 is 1. The van der Waals surface area contributed by atoms with Gasteiger partial charge in [-0.1, -0.05) is 11.3 Å². The number of ether oxygens (including phenoxy) is 1. The van der Waals surface area contributed by atoms with Gasteiger partial charge in [-0.2, -0.15) is 0 Å². The lowest BCUT2D eigenvalue weighted by Crippen LogP contribution is -2.22. The molecule has 0 radical (unpaired) electrons. The molecule has 1 aliphatic carbocycles. The Morgan fingerprint density at radius 1 is 1.38 bits per heavy atom. The van der Waals surface area contributed by atoms with E-state index in [4.69, 9.17) is 10.5 Å². The third-order valence-corrected chi connectivity index (χ3v) is 4.23. The maximum absolute atomic E-state index is 5.87. The molecule has 1 saturated carbocycles. The lowest BCUT2D eigenvalue weighted by atomic mass is 10.3. The molecule has 3 rings (SSSR count). The molecule has 0 atom stereocenters. The molecule has 7 heteroatoms. The van der Waals surface area contributed by atoms with Gasteiger partial charge in [-0.05, 0) is 37.1 Å². The molecule has 0 amide bonds. The molecule has 3 N–H and O–H groups in total. The first kappa shape index (κ1) is 13.8. The van der Waals surface area contributed by atoms with Crippen molar-refractivity contribution in [3.8, 4) is 5.75 Å². The summed E-state index contributed by atoms with van der Waals surface area (Å²) in [5, 5.41) is 13.4. The predicted molar refractivity (Wildman–Crippen MR) is 83.8 cm³/mol. The topological polar surface area (TPSA) is 85.4 Å². The summed E-state index contributed by atoms with van der Waals surface area (Å²) < 4.78 is 5.10. The number of nitrogens with zero attached hydrogens (tertiary/aromatic N) is 3. The third kappa shape index (κ3) is 3.69. The molecule has 110 valence electrons. The van der Waals surface area contributed by atoms with Gasteiger partial charge in [-0.25, -0.2) is 4.99 Å². The molecule has 0 spiro atoms. The first-order valence-electron chi connectivity index (χ1n) is 6.78. The van der Waals surface area contributed by atoms with Crippen molar-refractivity contribution in [1.29, 1.82) is 0 Å². The van der Waals surface area contributed by atoms with E-state index in [1.165, 1.54) is 12.8 Å². The van der Waals surface area contributed by atoms with Crippen LogP contribution in [-0.2, 0) is 6.54 Å². The molecule has 1 aromatic heterocycles. The molecule has 1 fully saturated rings. The van der Waals surface area contributed by atoms with Crippen molar-refractivity contribution in [1.82, 2.24) is 10.2 Å². The van der Waals surface area contributed by atoms with Crippen LogP contribution in [0, 0.1) is 0 Å². The monoisotopic (exact) mass is 303 g/mol.